The van der Waals surface area contributed by atoms with E-state index >= 15 is 0 Å². The standard InChI is InChI=1S/C21H26N2/c22-13-12-20-18-5-2-1-4-17(18)19-7-3-6-16(21(19)20)14-8-10-15(23)11-9-14/h1-7,14-15,20H,8-13,22-23H2. The molecular formula is C21H26N2. The van der Waals surface area contributed by atoms with Crippen LogP contribution in [0.15, 0.2) is 42.5 Å². The van der Waals surface area contributed by atoms with Gasteiger partial charge in [-0.3, -0.25) is 0 Å². The summed E-state index contributed by atoms with van der Waals surface area (Å²) in [6, 6.07) is 16.2. The third-order valence-corrected chi connectivity index (χ3v) is 5.78. The van der Waals surface area contributed by atoms with Crippen molar-refractivity contribution in [3.8, 4) is 11.1 Å². The fourth-order valence-electron chi connectivity index (χ4n) is 4.66. The molecule has 0 aromatic heterocycles. The number of hydrogen-bond donors (Lipinski definition) is 2. The molecule has 1 saturated carbocycles. The molecule has 2 nitrogen and oxygen atoms in total. The van der Waals surface area contributed by atoms with Gasteiger partial charge in [0, 0.05) is 12.0 Å². The maximum atomic E-state index is 6.12. The zero-order chi connectivity index (χ0) is 15.8. The minimum Gasteiger partial charge on any atom is -0.330 e. The van der Waals surface area contributed by atoms with Gasteiger partial charge in [0.1, 0.15) is 0 Å². The molecular weight excluding hydrogens is 280 g/mol. The predicted octanol–water partition coefficient (Wildman–Crippen LogP) is 4.13. The summed E-state index contributed by atoms with van der Waals surface area (Å²) in [5.74, 6) is 1.14. The highest BCUT2D eigenvalue weighted by Crippen LogP contribution is 2.50. The molecule has 2 aliphatic rings. The second-order valence-electron chi connectivity index (χ2n) is 7.14. The lowest BCUT2D eigenvalue weighted by Gasteiger charge is -2.29. The van der Waals surface area contributed by atoms with E-state index in [9.17, 15) is 0 Å². The number of rotatable bonds is 3. The Morgan fingerprint density at radius 2 is 1.52 bits per heavy atom. The first-order chi connectivity index (χ1) is 11.3. The van der Waals surface area contributed by atoms with Gasteiger partial charge in [0.05, 0.1) is 0 Å². The Balaban J connectivity index is 1.80. The summed E-state index contributed by atoms with van der Waals surface area (Å²) in [5.41, 5.74) is 19.5. The second-order valence-corrected chi connectivity index (χ2v) is 7.14. The van der Waals surface area contributed by atoms with Crippen LogP contribution >= 0.6 is 0 Å². The molecule has 23 heavy (non-hydrogen) atoms. The Morgan fingerprint density at radius 1 is 0.826 bits per heavy atom. The molecule has 0 spiro atoms. The highest BCUT2D eigenvalue weighted by atomic mass is 14.6. The molecule has 4 rings (SSSR count). The topological polar surface area (TPSA) is 52.0 Å². The van der Waals surface area contributed by atoms with Crippen molar-refractivity contribution in [1.29, 1.82) is 0 Å². The Hall–Kier alpha value is -1.64. The number of nitrogens with two attached hydrogens (primary N) is 2. The van der Waals surface area contributed by atoms with Crippen LogP contribution in [0.2, 0.25) is 0 Å². The lowest BCUT2D eigenvalue weighted by Crippen LogP contribution is -2.26. The van der Waals surface area contributed by atoms with Gasteiger partial charge in [-0.25, -0.2) is 0 Å². The lowest BCUT2D eigenvalue weighted by molar-refractivity contribution is 0.393. The molecule has 2 heteroatoms. The molecule has 0 heterocycles. The molecule has 1 unspecified atom stereocenters. The summed E-state index contributed by atoms with van der Waals surface area (Å²) in [6.45, 7) is 0.738. The normalized spacial score (nSPS) is 25.9. The van der Waals surface area contributed by atoms with Crippen molar-refractivity contribution in [2.75, 3.05) is 6.54 Å². The zero-order valence-corrected chi connectivity index (χ0v) is 13.7. The summed E-state index contributed by atoms with van der Waals surface area (Å²) in [7, 11) is 0. The van der Waals surface area contributed by atoms with Crippen LogP contribution in [0.25, 0.3) is 11.1 Å². The van der Waals surface area contributed by atoms with E-state index < -0.39 is 0 Å². The molecule has 4 N–H and O–H groups in total. The molecule has 2 aromatic carbocycles. The molecule has 0 radical (unpaired) electrons. The van der Waals surface area contributed by atoms with Crippen LogP contribution in [0.5, 0.6) is 0 Å². The van der Waals surface area contributed by atoms with Gasteiger partial charge < -0.3 is 11.5 Å². The summed E-state index contributed by atoms with van der Waals surface area (Å²) in [4.78, 5) is 0. The summed E-state index contributed by atoms with van der Waals surface area (Å²) < 4.78 is 0. The van der Waals surface area contributed by atoms with E-state index in [0.29, 0.717) is 17.9 Å². The van der Waals surface area contributed by atoms with Crippen LogP contribution in [0, 0.1) is 0 Å². The van der Waals surface area contributed by atoms with Crippen molar-refractivity contribution >= 4 is 0 Å². The second kappa shape index (κ2) is 6.10. The Bertz CT molecular complexity index is 699. The fourth-order valence-corrected chi connectivity index (χ4v) is 4.66. The van der Waals surface area contributed by atoms with Gasteiger partial charge in [-0.15, -0.1) is 0 Å². The first kappa shape index (κ1) is 14.9. The molecule has 0 aliphatic heterocycles. The molecule has 0 saturated heterocycles. The quantitative estimate of drug-likeness (QED) is 0.895. The molecule has 0 bridgehead atoms. The average Bonchev–Trinajstić information content (AvgIpc) is 2.91. The van der Waals surface area contributed by atoms with Gasteiger partial charge in [-0.2, -0.15) is 0 Å². The largest absolute Gasteiger partial charge is 0.330 e. The van der Waals surface area contributed by atoms with Gasteiger partial charge in [-0.05, 0) is 72.4 Å². The Morgan fingerprint density at radius 3 is 2.30 bits per heavy atom. The number of benzene rings is 2. The van der Waals surface area contributed by atoms with E-state index in [1.165, 1.54) is 29.5 Å². The van der Waals surface area contributed by atoms with Crippen molar-refractivity contribution in [3.63, 3.8) is 0 Å². The van der Waals surface area contributed by atoms with Gasteiger partial charge in [0.25, 0.3) is 0 Å². The van der Waals surface area contributed by atoms with Crippen LogP contribution in [-0.2, 0) is 0 Å². The van der Waals surface area contributed by atoms with Crippen molar-refractivity contribution in [2.24, 2.45) is 11.5 Å². The summed E-state index contributed by atoms with van der Waals surface area (Å²) >= 11 is 0. The van der Waals surface area contributed by atoms with E-state index in [-0.39, 0.29) is 0 Å². The molecule has 0 amide bonds. The fraction of sp³-hybridized carbons (Fsp3) is 0.429. The van der Waals surface area contributed by atoms with Crippen molar-refractivity contribution in [2.45, 2.75) is 50.0 Å². The first-order valence-corrected chi connectivity index (χ1v) is 8.97. The van der Waals surface area contributed by atoms with Gasteiger partial charge in [0.2, 0.25) is 0 Å². The predicted molar refractivity (Wildman–Crippen MR) is 96.6 cm³/mol. The van der Waals surface area contributed by atoms with E-state index in [0.717, 1.165) is 25.8 Å². The van der Waals surface area contributed by atoms with Crippen molar-refractivity contribution in [3.05, 3.63) is 59.2 Å². The maximum absolute atomic E-state index is 6.12. The monoisotopic (exact) mass is 306 g/mol. The van der Waals surface area contributed by atoms with Crippen molar-refractivity contribution in [1.82, 2.24) is 0 Å². The minimum atomic E-state index is 0.403. The molecule has 1 fully saturated rings. The highest BCUT2D eigenvalue weighted by molar-refractivity contribution is 5.80. The summed E-state index contributed by atoms with van der Waals surface area (Å²) in [6.07, 6.45) is 5.80. The highest BCUT2D eigenvalue weighted by Gasteiger charge is 2.32. The average molecular weight is 306 g/mol. The maximum Gasteiger partial charge on any atom is 0.0116 e. The van der Waals surface area contributed by atoms with Gasteiger partial charge in [0.15, 0.2) is 0 Å². The van der Waals surface area contributed by atoms with E-state index in [4.69, 9.17) is 11.5 Å². The van der Waals surface area contributed by atoms with Crippen LogP contribution in [0.3, 0.4) is 0 Å². The minimum absolute atomic E-state index is 0.403. The van der Waals surface area contributed by atoms with Crippen LogP contribution in [0.1, 0.15) is 60.6 Å². The van der Waals surface area contributed by atoms with Crippen LogP contribution < -0.4 is 11.5 Å². The van der Waals surface area contributed by atoms with Crippen LogP contribution in [0.4, 0.5) is 0 Å². The van der Waals surface area contributed by atoms with E-state index in [1.807, 2.05) is 0 Å². The number of fused-ring (bicyclic) bond motifs is 3. The SMILES string of the molecule is NCCC1c2ccccc2-c2cccc(C3CCC(N)CC3)c21. The Kier molecular flexibility index (Phi) is 3.96. The van der Waals surface area contributed by atoms with E-state index in [2.05, 4.69) is 42.5 Å². The zero-order valence-electron chi connectivity index (χ0n) is 13.7. The molecule has 2 aromatic rings. The Labute approximate surface area is 138 Å². The van der Waals surface area contributed by atoms with Crippen LogP contribution in [-0.4, -0.2) is 12.6 Å². The van der Waals surface area contributed by atoms with Crippen molar-refractivity contribution < 1.29 is 0 Å². The summed E-state index contributed by atoms with van der Waals surface area (Å²) in [5, 5.41) is 0. The molecule has 120 valence electrons. The smallest absolute Gasteiger partial charge is 0.0116 e. The van der Waals surface area contributed by atoms with Gasteiger partial charge in [-0.1, -0.05) is 42.5 Å². The third kappa shape index (κ3) is 2.50. The third-order valence-electron chi connectivity index (χ3n) is 5.78. The molecule has 2 aliphatic carbocycles. The first-order valence-electron chi connectivity index (χ1n) is 8.97. The lowest BCUT2D eigenvalue weighted by atomic mass is 9.77. The number of hydrogen-bond acceptors (Lipinski definition) is 2. The van der Waals surface area contributed by atoms with E-state index in [1.54, 1.807) is 11.1 Å². The molecule has 1 atom stereocenters. The van der Waals surface area contributed by atoms with Gasteiger partial charge >= 0.3 is 0 Å².